The number of hydrogen-bond acceptors (Lipinski definition) is 4. The predicted molar refractivity (Wildman–Crippen MR) is 105 cm³/mol. The Kier molecular flexibility index (Phi) is 5.26. The van der Waals surface area contributed by atoms with E-state index in [0.717, 1.165) is 10.9 Å². The zero-order valence-electron chi connectivity index (χ0n) is 15.9. The van der Waals surface area contributed by atoms with E-state index in [9.17, 15) is 9.59 Å². The number of amides is 1. The van der Waals surface area contributed by atoms with Gasteiger partial charge in [0.2, 0.25) is 5.88 Å². The second-order valence-electron chi connectivity index (χ2n) is 6.90. The molecule has 6 nitrogen and oxygen atoms in total. The number of carbonyl (C=O) groups excluding carboxylic acids is 2. The van der Waals surface area contributed by atoms with Crippen molar-refractivity contribution in [1.29, 1.82) is 0 Å². The molecule has 0 bridgehead atoms. The average Bonchev–Trinajstić information content (AvgIpc) is 3.02. The van der Waals surface area contributed by atoms with Crippen LogP contribution in [0, 0.1) is 0 Å². The third-order valence-electron chi connectivity index (χ3n) is 4.10. The summed E-state index contributed by atoms with van der Waals surface area (Å²) in [6, 6.07) is 11.1. The predicted octanol–water partition coefficient (Wildman–Crippen LogP) is 4.23. The van der Waals surface area contributed by atoms with E-state index >= 15 is 0 Å². The maximum Gasteiger partial charge on any atom is 0.296 e. The Morgan fingerprint density at radius 2 is 1.81 bits per heavy atom. The van der Waals surface area contributed by atoms with E-state index < -0.39 is 11.7 Å². The van der Waals surface area contributed by atoms with Crippen molar-refractivity contribution < 1.29 is 14.3 Å². The van der Waals surface area contributed by atoms with E-state index in [0.29, 0.717) is 17.1 Å². The Morgan fingerprint density at radius 3 is 2.44 bits per heavy atom. The van der Waals surface area contributed by atoms with Crippen LogP contribution in [-0.4, -0.2) is 27.3 Å². The highest BCUT2D eigenvalue weighted by Gasteiger charge is 2.22. The lowest BCUT2D eigenvalue weighted by atomic mass is 10.1. The molecule has 27 heavy (non-hydrogen) atoms. The van der Waals surface area contributed by atoms with E-state index in [1.165, 1.54) is 6.20 Å². The fraction of sp³-hybridized carbons (Fsp3) is 0.286. The molecule has 6 heteroatoms. The molecule has 1 aromatic carbocycles. The zero-order valence-corrected chi connectivity index (χ0v) is 15.9. The number of hydrogen-bond donors (Lipinski definition) is 1. The number of pyridine rings is 1. The summed E-state index contributed by atoms with van der Waals surface area (Å²) in [6.07, 6.45) is 3.23. The minimum Gasteiger partial charge on any atom is -0.475 e. The van der Waals surface area contributed by atoms with Crippen molar-refractivity contribution in [3.63, 3.8) is 0 Å². The normalized spacial score (nSPS) is 11.2. The number of nitrogens with zero attached hydrogens (tertiary/aromatic N) is 2. The van der Waals surface area contributed by atoms with Gasteiger partial charge in [-0.2, -0.15) is 0 Å². The smallest absolute Gasteiger partial charge is 0.296 e. The van der Waals surface area contributed by atoms with Gasteiger partial charge in [0.25, 0.3) is 11.7 Å². The lowest BCUT2D eigenvalue weighted by Crippen LogP contribution is -2.22. The lowest BCUT2D eigenvalue weighted by molar-refractivity contribution is -0.112. The van der Waals surface area contributed by atoms with E-state index in [-0.39, 0.29) is 12.1 Å². The molecule has 140 valence electrons. The Labute approximate surface area is 158 Å². The van der Waals surface area contributed by atoms with Gasteiger partial charge in [-0.25, -0.2) is 4.98 Å². The highest BCUT2D eigenvalue weighted by Crippen LogP contribution is 2.25. The van der Waals surface area contributed by atoms with E-state index in [1.807, 2.05) is 56.5 Å². The van der Waals surface area contributed by atoms with Crippen LogP contribution < -0.4 is 10.1 Å². The molecule has 3 aromatic rings. The van der Waals surface area contributed by atoms with Gasteiger partial charge in [0.15, 0.2) is 0 Å². The standard InChI is InChI=1S/C21H23N3O3/c1-13(2)24-12-17(16-7-5-6-8-18(16)24)20(25)21(26)23-15-9-10-19(22-11-15)27-14(3)4/h5-14H,1-4H3,(H,23,26). The summed E-state index contributed by atoms with van der Waals surface area (Å²) in [5.74, 6) is -0.802. The summed E-state index contributed by atoms with van der Waals surface area (Å²) >= 11 is 0. The number of aromatic nitrogens is 2. The first kappa shape index (κ1) is 18.6. The van der Waals surface area contributed by atoms with Gasteiger partial charge in [-0.05, 0) is 39.8 Å². The van der Waals surface area contributed by atoms with Crippen LogP contribution in [0.15, 0.2) is 48.8 Å². The molecule has 0 fully saturated rings. The molecule has 0 atom stereocenters. The first-order valence-corrected chi connectivity index (χ1v) is 8.94. The minimum atomic E-state index is -0.694. The van der Waals surface area contributed by atoms with Crippen molar-refractivity contribution >= 4 is 28.3 Å². The van der Waals surface area contributed by atoms with Gasteiger partial charge < -0.3 is 14.6 Å². The zero-order chi connectivity index (χ0) is 19.6. The van der Waals surface area contributed by atoms with Gasteiger partial charge in [0.1, 0.15) is 0 Å². The number of carbonyl (C=O) groups is 2. The quantitative estimate of drug-likeness (QED) is 0.524. The van der Waals surface area contributed by atoms with Crippen molar-refractivity contribution in [3.05, 3.63) is 54.4 Å². The number of anilines is 1. The number of fused-ring (bicyclic) bond motifs is 1. The van der Waals surface area contributed by atoms with Crippen molar-refractivity contribution in [2.75, 3.05) is 5.32 Å². The van der Waals surface area contributed by atoms with Gasteiger partial charge in [-0.3, -0.25) is 9.59 Å². The largest absolute Gasteiger partial charge is 0.475 e. The number of ketones is 1. The third kappa shape index (κ3) is 4.00. The molecule has 1 amide bonds. The molecule has 0 aliphatic heterocycles. The Balaban J connectivity index is 1.82. The van der Waals surface area contributed by atoms with Crippen LogP contribution >= 0.6 is 0 Å². The van der Waals surface area contributed by atoms with Crippen LogP contribution in [0.4, 0.5) is 5.69 Å². The average molecular weight is 365 g/mol. The number of ether oxygens (including phenoxy) is 1. The number of benzene rings is 1. The van der Waals surface area contributed by atoms with Crippen LogP contribution in [0.3, 0.4) is 0 Å². The van der Waals surface area contributed by atoms with Crippen molar-refractivity contribution in [2.24, 2.45) is 0 Å². The number of para-hydroxylation sites is 1. The Morgan fingerprint density at radius 1 is 1.07 bits per heavy atom. The first-order valence-electron chi connectivity index (χ1n) is 8.94. The topological polar surface area (TPSA) is 73.2 Å². The molecule has 0 saturated carbocycles. The highest BCUT2D eigenvalue weighted by atomic mass is 16.5. The molecule has 0 aliphatic rings. The van der Waals surface area contributed by atoms with Crippen LogP contribution in [0.2, 0.25) is 0 Å². The molecular weight excluding hydrogens is 342 g/mol. The minimum absolute atomic E-state index is 0.0118. The summed E-state index contributed by atoms with van der Waals surface area (Å²) in [5.41, 5.74) is 1.77. The van der Waals surface area contributed by atoms with Crippen LogP contribution in [0.5, 0.6) is 5.88 Å². The second kappa shape index (κ2) is 7.61. The molecule has 2 heterocycles. The molecule has 1 N–H and O–H groups in total. The summed E-state index contributed by atoms with van der Waals surface area (Å²) in [7, 11) is 0. The van der Waals surface area contributed by atoms with Crippen LogP contribution in [-0.2, 0) is 4.79 Å². The van der Waals surface area contributed by atoms with E-state index in [2.05, 4.69) is 10.3 Å². The second-order valence-corrected chi connectivity index (χ2v) is 6.90. The maximum absolute atomic E-state index is 12.7. The third-order valence-corrected chi connectivity index (χ3v) is 4.10. The summed E-state index contributed by atoms with van der Waals surface area (Å²) in [5, 5.41) is 3.38. The summed E-state index contributed by atoms with van der Waals surface area (Å²) < 4.78 is 7.47. The Bertz CT molecular complexity index is 972. The molecule has 0 spiro atoms. The highest BCUT2D eigenvalue weighted by molar-refractivity contribution is 6.48. The molecular formula is C21H23N3O3. The monoisotopic (exact) mass is 365 g/mol. The molecule has 0 aliphatic carbocycles. The molecule has 3 rings (SSSR count). The lowest BCUT2D eigenvalue weighted by Gasteiger charge is -2.09. The van der Waals surface area contributed by atoms with Gasteiger partial charge in [0, 0.05) is 29.2 Å². The molecule has 0 radical (unpaired) electrons. The van der Waals surface area contributed by atoms with Crippen molar-refractivity contribution in [3.8, 4) is 5.88 Å². The number of rotatable bonds is 6. The van der Waals surface area contributed by atoms with Crippen LogP contribution in [0.1, 0.15) is 44.1 Å². The SMILES string of the molecule is CC(C)Oc1ccc(NC(=O)C(=O)c2cn(C(C)C)c3ccccc23)cn1. The number of nitrogens with one attached hydrogen (secondary N) is 1. The maximum atomic E-state index is 12.7. The fourth-order valence-electron chi connectivity index (χ4n) is 2.89. The Hall–Kier alpha value is -3.15. The van der Waals surface area contributed by atoms with Gasteiger partial charge in [0.05, 0.1) is 23.6 Å². The van der Waals surface area contributed by atoms with E-state index in [4.69, 9.17) is 4.74 Å². The van der Waals surface area contributed by atoms with Gasteiger partial charge in [-0.1, -0.05) is 18.2 Å². The molecule has 2 aromatic heterocycles. The summed E-state index contributed by atoms with van der Waals surface area (Å²) in [4.78, 5) is 29.3. The first-order chi connectivity index (χ1) is 12.9. The molecule has 0 unspecified atom stereocenters. The molecule has 0 saturated heterocycles. The van der Waals surface area contributed by atoms with E-state index in [1.54, 1.807) is 18.3 Å². The van der Waals surface area contributed by atoms with Crippen molar-refractivity contribution in [1.82, 2.24) is 9.55 Å². The van der Waals surface area contributed by atoms with Gasteiger partial charge in [-0.15, -0.1) is 0 Å². The van der Waals surface area contributed by atoms with Gasteiger partial charge >= 0.3 is 0 Å². The van der Waals surface area contributed by atoms with Crippen LogP contribution in [0.25, 0.3) is 10.9 Å². The number of Topliss-reactive ketones (excluding diaryl/α,β-unsaturated/α-hetero) is 1. The summed E-state index contributed by atoms with van der Waals surface area (Å²) in [6.45, 7) is 7.88. The van der Waals surface area contributed by atoms with Crippen molar-refractivity contribution in [2.45, 2.75) is 39.8 Å². The fourth-order valence-corrected chi connectivity index (χ4v) is 2.89.